The molecule has 0 aromatic heterocycles. The van der Waals surface area contributed by atoms with Crippen molar-refractivity contribution in [3.05, 3.63) is 34.4 Å². The summed E-state index contributed by atoms with van der Waals surface area (Å²) in [4.78, 5) is 0. The van der Waals surface area contributed by atoms with Crippen LogP contribution in [0.3, 0.4) is 0 Å². The number of benzene rings is 1. The van der Waals surface area contributed by atoms with E-state index < -0.39 is 17.7 Å². The molecular weight excluding hydrogens is 248 g/mol. The lowest BCUT2D eigenvalue weighted by Crippen LogP contribution is -2.21. The van der Waals surface area contributed by atoms with Crippen molar-refractivity contribution < 1.29 is 13.5 Å². The summed E-state index contributed by atoms with van der Waals surface area (Å²) in [5, 5.41) is -0.233. The number of halogens is 3. The van der Waals surface area contributed by atoms with E-state index in [0.717, 1.165) is 12.1 Å². The number of hydrogen-bond acceptors (Lipinski definition) is 2. The third-order valence-electron chi connectivity index (χ3n) is 2.79. The largest absolute Gasteiger partial charge is 0.385 e. The van der Waals surface area contributed by atoms with E-state index in [2.05, 4.69) is 0 Å². The molecule has 5 heteroatoms. The first-order chi connectivity index (χ1) is 7.97. The molecule has 0 aliphatic heterocycles. The van der Waals surface area contributed by atoms with E-state index in [4.69, 9.17) is 22.1 Å². The summed E-state index contributed by atoms with van der Waals surface area (Å²) in [6.07, 6.45) is 0.682. The average Bonchev–Trinajstić information content (AvgIpc) is 2.29. The second-order valence-corrected chi connectivity index (χ2v) is 4.48. The first-order valence-corrected chi connectivity index (χ1v) is 5.74. The fraction of sp³-hybridized carbons (Fsp3) is 0.500. The van der Waals surface area contributed by atoms with Crippen molar-refractivity contribution in [2.45, 2.75) is 19.4 Å². The van der Waals surface area contributed by atoms with Gasteiger partial charge in [-0.3, -0.25) is 0 Å². The number of hydrogen-bond donors (Lipinski definition) is 1. The number of nitrogens with two attached hydrogens (primary N) is 1. The fourth-order valence-corrected chi connectivity index (χ4v) is 1.73. The van der Waals surface area contributed by atoms with Crippen LogP contribution >= 0.6 is 11.6 Å². The highest BCUT2D eigenvalue weighted by Crippen LogP contribution is 2.28. The maximum absolute atomic E-state index is 13.6. The van der Waals surface area contributed by atoms with Crippen LogP contribution in [0, 0.1) is 17.6 Å². The smallest absolute Gasteiger partial charge is 0.142 e. The second-order valence-electron chi connectivity index (χ2n) is 4.07. The summed E-state index contributed by atoms with van der Waals surface area (Å²) in [7, 11) is 1.58. The molecule has 1 aromatic rings. The van der Waals surface area contributed by atoms with Crippen LogP contribution in [-0.4, -0.2) is 13.7 Å². The zero-order chi connectivity index (χ0) is 13.0. The summed E-state index contributed by atoms with van der Waals surface area (Å²) >= 11 is 5.48. The first kappa shape index (κ1) is 14.4. The molecule has 2 atom stereocenters. The molecule has 0 heterocycles. The number of rotatable bonds is 5. The highest BCUT2D eigenvalue weighted by Gasteiger charge is 2.20. The predicted octanol–water partition coefficient (Wildman–Crippen LogP) is 3.29. The van der Waals surface area contributed by atoms with Gasteiger partial charge in [-0.2, -0.15) is 0 Å². The van der Waals surface area contributed by atoms with E-state index in [0.29, 0.717) is 13.0 Å². The van der Waals surface area contributed by atoms with E-state index in [9.17, 15) is 8.78 Å². The summed E-state index contributed by atoms with van der Waals surface area (Å²) < 4.78 is 31.8. The molecule has 17 heavy (non-hydrogen) atoms. The monoisotopic (exact) mass is 263 g/mol. The zero-order valence-electron chi connectivity index (χ0n) is 9.84. The van der Waals surface area contributed by atoms with E-state index in [-0.39, 0.29) is 16.5 Å². The molecule has 1 aromatic carbocycles. The Morgan fingerprint density at radius 2 is 2.00 bits per heavy atom. The Bertz CT molecular complexity index is 387. The molecule has 0 fully saturated rings. The van der Waals surface area contributed by atoms with Crippen molar-refractivity contribution >= 4 is 11.6 Å². The minimum atomic E-state index is -0.655. The van der Waals surface area contributed by atoms with Crippen LogP contribution in [0.25, 0.3) is 0 Å². The summed E-state index contributed by atoms with van der Waals surface area (Å²) in [5.41, 5.74) is 6.04. The van der Waals surface area contributed by atoms with Gasteiger partial charge in [-0.05, 0) is 24.5 Å². The molecule has 0 saturated heterocycles. The Morgan fingerprint density at radius 1 is 1.35 bits per heavy atom. The summed E-state index contributed by atoms with van der Waals surface area (Å²) in [6.45, 7) is 2.40. The molecule has 0 radical (unpaired) electrons. The SMILES string of the molecule is COCCC(C)C(N)c1cc(F)c(Cl)cc1F. The lowest BCUT2D eigenvalue weighted by molar-refractivity contribution is 0.174. The van der Waals surface area contributed by atoms with E-state index in [1.165, 1.54) is 0 Å². The Labute approximate surface area is 105 Å². The van der Waals surface area contributed by atoms with Crippen molar-refractivity contribution in [1.29, 1.82) is 0 Å². The van der Waals surface area contributed by atoms with Crippen LogP contribution in [0.5, 0.6) is 0 Å². The van der Waals surface area contributed by atoms with Crippen molar-refractivity contribution in [3.63, 3.8) is 0 Å². The Morgan fingerprint density at radius 3 is 2.59 bits per heavy atom. The summed E-state index contributed by atoms with van der Waals surface area (Å²) in [6, 6.07) is 1.44. The molecule has 1 rings (SSSR count). The molecular formula is C12H16ClF2NO. The highest BCUT2D eigenvalue weighted by atomic mass is 35.5. The molecule has 2 unspecified atom stereocenters. The molecule has 0 spiro atoms. The predicted molar refractivity (Wildman–Crippen MR) is 64.0 cm³/mol. The van der Waals surface area contributed by atoms with Crippen LogP contribution in [0.1, 0.15) is 24.9 Å². The first-order valence-electron chi connectivity index (χ1n) is 5.36. The van der Waals surface area contributed by atoms with Crippen LogP contribution in [0.4, 0.5) is 8.78 Å². The van der Waals surface area contributed by atoms with Gasteiger partial charge in [-0.15, -0.1) is 0 Å². The van der Waals surface area contributed by atoms with Crippen LogP contribution in [-0.2, 0) is 4.74 Å². The molecule has 0 aliphatic rings. The van der Waals surface area contributed by atoms with E-state index in [1.54, 1.807) is 7.11 Å². The molecule has 2 nitrogen and oxygen atoms in total. The van der Waals surface area contributed by atoms with Gasteiger partial charge in [0.15, 0.2) is 0 Å². The average molecular weight is 264 g/mol. The van der Waals surface area contributed by atoms with Gasteiger partial charge in [0.2, 0.25) is 0 Å². The van der Waals surface area contributed by atoms with Crippen molar-refractivity contribution in [2.24, 2.45) is 11.7 Å². The van der Waals surface area contributed by atoms with E-state index >= 15 is 0 Å². The van der Waals surface area contributed by atoms with Gasteiger partial charge in [0.1, 0.15) is 11.6 Å². The number of methoxy groups -OCH3 is 1. The quantitative estimate of drug-likeness (QED) is 0.828. The standard InChI is InChI=1S/C12H16ClF2NO/c1-7(3-4-17-2)12(16)8-5-11(15)9(13)6-10(8)14/h5-7,12H,3-4,16H2,1-2H3. The molecule has 0 aliphatic carbocycles. The Kier molecular flexibility index (Phi) is 5.31. The van der Waals surface area contributed by atoms with Gasteiger partial charge in [-0.1, -0.05) is 18.5 Å². The summed E-state index contributed by atoms with van der Waals surface area (Å²) in [5.74, 6) is -1.24. The highest BCUT2D eigenvalue weighted by molar-refractivity contribution is 6.30. The second kappa shape index (κ2) is 6.28. The molecule has 2 N–H and O–H groups in total. The lowest BCUT2D eigenvalue weighted by Gasteiger charge is -2.20. The van der Waals surface area contributed by atoms with Crippen molar-refractivity contribution in [3.8, 4) is 0 Å². The maximum atomic E-state index is 13.6. The van der Waals surface area contributed by atoms with Crippen molar-refractivity contribution in [2.75, 3.05) is 13.7 Å². The third kappa shape index (κ3) is 3.63. The van der Waals surface area contributed by atoms with Crippen LogP contribution < -0.4 is 5.73 Å². The van der Waals surface area contributed by atoms with E-state index in [1.807, 2.05) is 6.92 Å². The minimum absolute atomic E-state index is 0.00924. The zero-order valence-corrected chi connectivity index (χ0v) is 10.6. The topological polar surface area (TPSA) is 35.2 Å². The fourth-order valence-electron chi connectivity index (χ4n) is 1.58. The lowest BCUT2D eigenvalue weighted by atomic mass is 9.92. The van der Waals surface area contributed by atoms with Gasteiger partial charge in [0, 0.05) is 25.3 Å². The third-order valence-corrected chi connectivity index (χ3v) is 3.08. The van der Waals surface area contributed by atoms with Crippen molar-refractivity contribution in [1.82, 2.24) is 0 Å². The van der Waals surface area contributed by atoms with Gasteiger partial charge in [0.25, 0.3) is 0 Å². The maximum Gasteiger partial charge on any atom is 0.142 e. The molecule has 0 saturated carbocycles. The van der Waals surface area contributed by atoms with Gasteiger partial charge in [-0.25, -0.2) is 8.78 Å². The minimum Gasteiger partial charge on any atom is -0.385 e. The Hall–Kier alpha value is -0.710. The van der Waals surface area contributed by atoms with Crippen LogP contribution in [0.2, 0.25) is 5.02 Å². The van der Waals surface area contributed by atoms with Gasteiger partial charge in [0.05, 0.1) is 5.02 Å². The molecule has 0 amide bonds. The van der Waals surface area contributed by atoms with Gasteiger partial charge >= 0.3 is 0 Å². The van der Waals surface area contributed by atoms with Gasteiger partial charge < -0.3 is 10.5 Å². The Balaban J connectivity index is 2.88. The normalized spacial score (nSPS) is 14.7. The van der Waals surface area contributed by atoms with Crippen LogP contribution in [0.15, 0.2) is 12.1 Å². The molecule has 0 bridgehead atoms. The number of ether oxygens (including phenoxy) is 1. The molecule has 96 valence electrons.